The second-order valence-corrected chi connectivity index (χ2v) is 3.92. The van der Waals surface area contributed by atoms with E-state index in [1.54, 1.807) is 18.3 Å². The molecule has 0 saturated carbocycles. The molecule has 0 bridgehead atoms. The van der Waals surface area contributed by atoms with Crippen LogP contribution in [0.2, 0.25) is 0 Å². The van der Waals surface area contributed by atoms with Gasteiger partial charge in [-0.1, -0.05) is 6.92 Å². The molecule has 0 spiro atoms. The fourth-order valence-corrected chi connectivity index (χ4v) is 1.77. The number of nitriles is 1. The predicted molar refractivity (Wildman–Crippen MR) is 56.4 cm³/mol. The number of hydrogen-bond donors (Lipinski definition) is 1. The van der Waals surface area contributed by atoms with Gasteiger partial charge in [0.05, 0.1) is 24.3 Å². The molecule has 1 aliphatic heterocycles. The molecule has 78 valence electrons. The first kappa shape index (κ1) is 9.94. The molecular formula is C11H13N3O. The third-order valence-corrected chi connectivity index (χ3v) is 2.84. The van der Waals surface area contributed by atoms with Gasteiger partial charge >= 0.3 is 0 Å². The topological polar surface area (TPSA) is 60.1 Å². The number of aliphatic hydroxyl groups is 1. The molecule has 1 saturated heterocycles. The van der Waals surface area contributed by atoms with Crippen molar-refractivity contribution >= 4 is 5.82 Å². The van der Waals surface area contributed by atoms with Crippen LogP contribution in [0.4, 0.5) is 5.82 Å². The van der Waals surface area contributed by atoms with E-state index in [9.17, 15) is 5.11 Å². The lowest BCUT2D eigenvalue weighted by molar-refractivity contribution is 0.00804. The van der Waals surface area contributed by atoms with E-state index >= 15 is 0 Å². The van der Waals surface area contributed by atoms with Crippen LogP contribution in [-0.2, 0) is 0 Å². The first-order valence-electron chi connectivity index (χ1n) is 5.01. The van der Waals surface area contributed by atoms with E-state index in [0.717, 1.165) is 6.42 Å². The van der Waals surface area contributed by atoms with Crippen LogP contribution in [0, 0.1) is 11.3 Å². The van der Waals surface area contributed by atoms with Gasteiger partial charge in [0.25, 0.3) is 0 Å². The second-order valence-electron chi connectivity index (χ2n) is 3.92. The van der Waals surface area contributed by atoms with Gasteiger partial charge in [-0.25, -0.2) is 4.98 Å². The summed E-state index contributed by atoms with van der Waals surface area (Å²) >= 11 is 0. The number of β-amino-alcohol motifs (C(OH)–C–C–N with tert-alkyl or cyclic N) is 1. The van der Waals surface area contributed by atoms with Crippen molar-refractivity contribution in [1.82, 2.24) is 4.98 Å². The molecule has 0 aromatic carbocycles. The SMILES string of the molecule is CCC1(O)CN(c2ncccc2C#N)C1. The summed E-state index contributed by atoms with van der Waals surface area (Å²) in [6.07, 6.45) is 2.40. The van der Waals surface area contributed by atoms with Crippen molar-refractivity contribution in [2.24, 2.45) is 0 Å². The molecule has 2 heterocycles. The average molecular weight is 203 g/mol. The van der Waals surface area contributed by atoms with Crippen molar-refractivity contribution < 1.29 is 5.11 Å². The molecule has 1 aromatic rings. The Bertz CT molecular complexity index is 405. The van der Waals surface area contributed by atoms with Crippen LogP contribution in [0.3, 0.4) is 0 Å². The maximum atomic E-state index is 9.86. The molecule has 4 heteroatoms. The van der Waals surface area contributed by atoms with E-state index in [0.29, 0.717) is 24.5 Å². The molecule has 1 fully saturated rings. The van der Waals surface area contributed by atoms with Crippen LogP contribution >= 0.6 is 0 Å². The zero-order valence-corrected chi connectivity index (χ0v) is 8.64. The van der Waals surface area contributed by atoms with Gasteiger partial charge in [-0.15, -0.1) is 0 Å². The summed E-state index contributed by atoms with van der Waals surface area (Å²) in [5, 5.41) is 18.8. The lowest BCUT2D eigenvalue weighted by Gasteiger charge is -2.47. The fraction of sp³-hybridized carbons (Fsp3) is 0.455. The van der Waals surface area contributed by atoms with Crippen LogP contribution in [0.15, 0.2) is 18.3 Å². The van der Waals surface area contributed by atoms with Crippen molar-refractivity contribution in [3.8, 4) is 6.07 Å². The highest BCUT2D eigenvalue weighted by Crippen LogP contribution is 2.30. The Morgan fingerprint density at radius 1 is 1.67 bits per heavy atom. The van der Waals surface area contributed by atoms with Crippen LogP contribution in [-0.4, -0.2) is 28.8 Å². The first-order chi connectivity index (χ1) is 7.18. The molecule has 15 heavy (non-hydrogen) atoms. The highest BCUT2D eigenvalue weighted by molar-refractivity contribution is 5.56. The Morgan fingerprint density at radius 3 is 3.00 bits per heavy atom. The minimum absolute atomic E-state index is 0.565. The second kappa shape index (κ2) is 3.52. The number of rotatable bonds is 2. The molecule has 0 radical (unpaired) electrons. The van der Waals surface area contributed by atoms with Gasteiger partial charge in [0.1, 0.15) is 11.9 Å². The Labute approximate surface area is 88.8 Å². The van der Waals surface area contributed by atoms with Crippen LogP contribution in [0.5, 0.6) is 0 Å². The zero-order chi connectivity index (χ0) is 10.9. The minimum Gasteiger partial charge on any atom is -0.386 e. The Morgan fingerprint density at radius 2 is 2.40 bits per heavy atom. The number of hydrogen-bond acceptors (Lipinski definition) is 4. The third kappa shape index (κ3) is 1.66. The van der Waals surface area contributed by atoms with Gasteiger partial charge in [-0.3, -0.25) is 0 Å². The van der Waals surface area contributed by atoms with E-state index in [-0.39, 0.29) is 0 Å². The minimum atomic E-state index is -0.593. The summed E-state index contributed by atoms with van der Waals surface area (Å²) in [6, 6.07) is 5.59. The van der Waals surface area contributed by atoms with E-state index < -0.39 is 5.60 Å². The quantitative estimate of drug-likeness (QED) is 0.776. The Hall–Kier alpha value is -1.60. The molecule has 0 unspecified atom stereocenters. The van der Waals surface area contributed by atoms with Crippen molar-refractivity contribution in [3.05, 3.63) is 23.9 Å². The highest BCUT2D eigenvalue weighted by atomic mass is 16.3. The molecule has 1 aromatic heterocycles. The third-order valence-electron chi connectivity index (χ3n) is 2.84. The van der Waals surface area contributed by atoms with E-state index in [2.05, 4.69) is 11.1 Å². The standard InChI is InChI=1S/C11H13N3O/c1-2-11(15)7-14(8-11)10-9(6-12)4-3-5-13-10/h3-5,15H,2,7-8H2,1H3. The Kier molecular flexibility index (Phi) is 2.33. The van der Waals surface area contributed by atoms with Crippen molar-refractivity contribution in [1.29, 1.82) is 5.26 Å². The average Bonchev–Trinajstić information content (AvgIpc) is 2.25. The predicted octanol–water partition coefficient (Wildman–Crippen LogP) is 0.914. The van der Waals surface area contributed by atoms with Crippen LogP contribution < -0.4 is 4.90 Å². The van der Waals surface area contributed by atoms with Gasteiger partial charge in [-0.2, -0.15) is 5.26 Å². The summed E-state index contributed by atoms with van der Waals surface area (Å²) in [5.41, 5.74) is -0.0276. The lowest BCUT2D eigenvalue weighted by atomic mass is 9.91. The molecule has 2 rings (SSSR count). The van der Waals surface area contributed by atoms with Crippen molar-refractivity contribution in [3.63, 3.8) is 0 Å². The molecule has 1 N–H and O–H groups in total. The maximum Gasteiger partial charge on any atom is 0.146 e. The highest BCUT2D eigenvalue weighted by Gasteiger charge is 2.40. The van der Waals surface area contributed by atoms with Crippen LogP contribution in [0.1, 0.15) is 18.9 Å². The number of pyridine rings is 1. The van der Waals surface area contributed by atoms with Crippen LogP contribution in [0.25, 0.3) is 0 Å². The largest absolute Gasteiger partial charge is 0.386 e. The van der Waals surface area contributed by atoms with Gasteiger partial charge in [0.2, 0.25) is 0 Å². The number of aromatic nitrogens is 1. The van der Waals surface area contributed by atoms with Gasteiger partial charge in [0.15, 0.2) is 0 Å². The fourth-order valence-electron chi connectivity index (χ4n) is 1.77. The molecule has 0 aliphatic carbocycles. The van der Waals surface area contributed by atoms with Gasteiger partial charge in [0, 0.05) is 6.20 Å². The summed E-state index contributed by atoms with van der Waals surface area (Å²) in [6.45, 7) is 3.09. The Balaban J connectivity index is 2.17. The van der Waals surface area contributed by atoms with Gasteiger partial charge in [-0.05, 0) is 18.6 Å². The first-order valence-corrected chi connectivity index (χ1v) is 5.01. The van der Waals surface area contributed by atoms with Crippen molar-refractivity contribution in [2.75, 3.05) is 18.0 Å². The van der Waals surface area contributed by atoms with Gasteiger partial charge < -0.3 is 10.0 Å². The molecule has 0 amide bonds. The van der Waals surface area contributed by atoms with E-state index in [4.69, 9.17) is 5.26 Å². The lowest BCUT2D eigenvalue weighted by Crippen LogP contribution is -2.62. The monoisotopic (exact) mass is 203 g/mol. The maximum absolute atomic E-state index is 9.86. The number of anilines is 1. The number of nitrogens with zero attached hydrogens (tertiary/aromatic N) is 3. The smallest absolute Gasteiger partial charge is 0.146 e. The molecule has 4 nitrogen and oxygen atoms in total. The molecular weight excluding hydrogens is 190 g/mol. The molecule has 1 aliphatic rings. The molecule has 0 atom stereocenters. The summed E-state index contributed by atoms with van der Waals surface area (Å²) in [5.74, 6) is 0.679. The summed E-state index contributed by atoms with van der Waals surface area (Å²) in [7, 11) is 0. The van der Waals surface area contributed by atoms with E-state index in [1.165, 1.54) is 0 Å². The summed E-state index contributed by atoms with van der Waals surface area (Å²) < 4.78 is 0. The van der Waals surface area contributed by atoms with E-state index in [1.807, 2.05) is 11.8 Å². The van der Waals surface area contributed by atoms with Crippen molar-refractivity contribution in [2.45, 2.75) is 18.9 Å². The summed E-state index contributed by atoms with van der Waals surface area (Å²) in [4.78, 5) is 6.10. The normalized spacial score (nSPS) is 18.1. The zero-order valence-electron chi connectivity index (χ0n) is 8.64.